The van der Waals surface area contributed by atoms with Crippen LogP contribution in [0.3, 0.4) is 0 Å². The maximum Gasteiger partial charge on any atom is 0.266 e. The van der Waals surface area contributed by atoms with Gasteiger partial charge in [0.1, 0.15) is 11.5 Å². The molecule has 6 nitrogen and oxygen atoms in total. The Labute approximate surface area is 151 Å². The van der Waals surface area contributed by atoms with E-state index in [4.69, 9.17) is 9.47 Å². The first-order valence-corrected chi connectivity index (χ1v) is 8.05. The van der Waals surface area contributed by atoms with Crippen LogP contribution >= 0.6 is 0 Å². The van der Waals surface area contributed by atoms with Crippen LogP contribution in [0.25, 0.3) is 16.5 Å². The molecule has 0 radical (unpaired) electrons. The molecule has 0 aliphatic rings. The van der Waals surface area contributed by atoms with Crippen molar-refractivity contribution in [2.24, 2.45) is 0 Å². The van der Waals surface area contributed by atoms with Gasteiger partial charge in [-0.2, -0.15) is 0 Å². The van der Waals surface area contributed by atoms with E-state index in [0.717, 1.165) is 5.39 Å². The van der Waals surface area contributed by atoms with E-state index in [2.05, 4.69) is 0 Å². The maximum absolute atomic E-state index is 13.1. The number of methoxy groups -OCH3 is 2. The zero-order valence-corrected chi connectivity index (χ0v) is 15.1. The van der Waals surface area contributed by atoms with Crippen LogP contribution in [0.1, 0.15) is 10.4 Å². The molecule has 134 valence electrons. The van der Waals surface area contributed by atoms with Gasteiger partial charge in [-0.05, 0) is 35.7 Å². The van der Waals surface area contributed by atoms with Gasteiger partial charge >= 0.3 is 0 Å². The predicted octanol–water partition coefficient (Wildman–Crippen LogP) is 2.71. The zero-order chi connectivity index (χ0) is 18.8. The standard InChI is InChI=1S/C20H20N2O4/c1-21(2)19(23)14-6-5-7-15(10-14)22-9-8-13-11-16(25-3)12-17(26-4)18(13)20(22)24/h5-12H,1-4H3. The highest BCUT2D eigenvalue weighted by atomic mass is 16.5. The van der Waals surface area contributed by atoms with Gasteiger partial charge in [-0.3, -0.25) is 14.2 Å². The molecule has 26 heavy (non-hydrogen) atoms. The van der Waals surface area contributed by atoms with Crippen LogP contribution in [0.15, 0.2) is 53.5 Å². The molecule has 6 heteroatoms. The molecule has 3 rings (SSSR count). The van der Waals surface area contributed by atoms with Crippen LogP contribution in [0.4, 0.5) is 0 Å². The van der Waals surface area contributed by atoms with E-state index in [1.807, 2.05) is 6.07 Å². The fraction of sp³-hybridized carbons (Fsp3) is 0.200. The normalized spacial score (nSPS) is 10.6. The number of nitrogens with zero attached hydrogens (tertiary/aromatic N) is 2. The maximum atomic E-state index is 13.1. The summed E-state index contributed by atoms with van der Waals surface area (Å²) in [5.41, 5.74) is 0.903. The highest BCUT2D eigenvalue weighted by molar-refractivity contribution is 5.94. The minimum atomic E-state index is -0.226. The number of pyridine rings is 1. The van der Waals surface area contributed by atoms with Crippen molar-refractivity contribution in [1.82, 2.24) is 9.47 Å². The molecule has 0 saturated carbocycles. The van der Waals surface area contributed by atoms with Crippen LogP contribution in [0.2, 0.25) is 0 Å². The molecule has 0 spiro atoms. The lowest BCUT2D eigenvalue weighted by atomic mass is 10.1. The Morgan fingerprint density at radius 3 is 2.46 bits per heavy atom. The monoisotopic (exact) mass is 352 g/mol. The van der Waals surface area contributed by atoms with Crippen molar-refractivity contribution >= 4 is 16.7 Å². The Hall–Kier alpha value is -3.28. The molecule has 0 N–H and O–H groups in total. The molecule has 0 unspecified atom stereocenters. The minimum Gasteiger partial charge on any atom is -0.497 e. The lowest BCUT2D eigenvalue weighted by molar-refractivity contribution is 0.0827. The fourth-order valence-corrected chi connectivity index (χ4v) is 2.84. The summed E-state index contributed by atoms with van der Waals surface area (Å²) < 4.78 is 12.1. The molecule has 1 heterocycles. The summed E-state index contributed by atoms with van der Waals surface area (Å²) in [6.07, 6.45) is 1.68. The number of fused-ring (bicyclic) bond motifs is 1. The summed E-state index contributed by atoms with van der Waals surface area (Å²) in [6, 6.07) is 12.3. The van der Waals surface area contributed by atoms with Gasteiger partial charge in [-0.25, -0.2) is 0 Å². The van der Waals surface area contributed by atoms with Crippen molar-refractivity contribution in [3.63, 3.8) is 0 Å². The third-order valence-corrected chi connectivity index (χ3v) is 4.18. The quantitative estimate of drug-likeness (QED) is 0.724. The van der Waals surface area contributed by atoms with E-state index in [0.29, 0.717) is 28.1 Å². The van der Waals surface area contributed by atoms with Crippen LogP contribution in [0.5, 0.6) is 11.5 Å². The largest absolute Gasteiger partial charge is 0.497 e. The van der Waals surface area contributed by atoms with E-state index in [1.54, 1.807) is 63.8 Å². The molecule has 0 bridgehead atoms. The number of carbonyl (C=O) groups excluding carboxylic acids is 1. The summed E-state index contributed by atoms with van der Waals surface area (Å²) >= 11 is 0. The second kappa shape index (κ2) is 6.92. The van der Waals surface area contributed by atoms with Gasteiger partial charge in [0.2, 0.25) is 0 Å². The van der Waals surface area contributed by atoms with Crippen LogP contribution in [0, 0.1) is 0 Å². The Morgan fingerprint density at radius 2 is 1.81 bits per heavy atom. The van der Waals surface area contributed by atoms with Gasteiger partial charge in [-0.15, -0.1) is 0 Å². The summed E-state index contributed by atoms with van der Waals surface area (Å²) in [5.74, 6) is 0.937. The third-order valence-electron chi connectivity index (χ3n) is 4.18. The molecule has 0 atom stereocenters. The van der Waals surface area contributed by atoms with Crippen molar-refractivity contribution in [3.05, 3.63) is 64.6 Å². The minimum absolute atomic E-state index is 0.122. The molecule has 0 fully saturated rings. The van der Waals surface area contributed by atoms with Crippen molar-refractivity contribution in [2.75, 3.05) is 28.3 Å². The van der Waals surface area contributed by atoms with Crippen LogP contribution < -0.4 is 15.0 Å². The first-order valence-electron chi connectivity index (χ1n) is 8.05. The van der Waals surface area contributed by atoms with Gasteiger partial charge in [0, 0.05) is 37.6 Å². The van der Waals surface area contributed by atoms with E-state index >= 15 is 0 Å². The molecule has 1 aromatic heterocycles. The van der Waals surface area contributed by atoms with Gasteiger partial charge in [0.25, 0.3) is 11.5 Å². The number of hydrogen-bond donors (Lipinski definition) is 0. The molecule has 0 aliphatic heterocycles. The molecule has 0 saturated heterocycles. The number of benzene rings is 2. The molecule has 2 aromatic carbocycles. The smallest absolute Gasteiger partial charge is 0.266 e. The Balaban J connectivity index is 2.21. The summed E-state index contributed by atoms with van der Waals surface area (Å²) in [7, 11) is 6.46. The second-order valence-corrected chi connectivity index (χ2v) is 6.03. The number of rotatable bonds is 4. The predicted molar refractivity (Wildman–Crippen MR) is 101 cm³/mol. The summed E-state index contributed by atoms with van der Waals surface area (Å²) in [6.45, 7) is 0. The van der Waals surface area contributed by atoms with Crippen LogP contribution in [-0.2, 0) is 0 Å². The van der Waals surface area contributed by atoms with Gasteiger partial charge in [0.05, 0.1) is 19.6 Å². The van der Waals surface area contributed by atoms with Crippen molar-refractivity contribution in [2.45, 2.75) is 0 Å². The third kappa shape index (κ3) is 3.01. The summed E-state index contributed by atoms with van der Waals surface area (Å²) in [4.78, 5) is 26.8. The highest BCUT2D eigenvalue weighted by Crippen LogP contribution is 2.29. The van der Waals surface area contributed by atoms with Gasteiger partial charge in [-0.1, -0.05) is 6.07 Å². The first kappa shape index (κ1) is 17.5. The van der Waals surface area contributed by atoms with Crippen molar-refractivity contribution < 1.29 is 14.3 Å². The zero-order valence-electron chi connectivity index (χ0n) is 15.1. The average Bonchev–Trinajstić information content (AvgIpc) is 2.66. The topological polar surface area (TPSA) is 60.8 Å². The number of amides is 1. The SMILES string of the molecule is COc1cc(OC)c2c(=O)n(-c3cccc(C(=O)N(C)C)c3)ccc2c1. The number of ether oxygens (including phenoxy) is 2. The molecular weight excluding hydrogens is 332 g/mol. The van der Waals surface area contributed by atoms with E-state index < -0.39 is 0 Å². The summed E-state index contributed by atoms with van der Waals surface area (Å²) in [5, 5.41) is 1.18. The average molecular weight is 352 g/mol. The van der Waals surface area contributed by atoms with Crippen molar-refractivity contribution in [1.29, 1.82) is 0 Å². The Morgan fingerprint density at radius 1 is 1.04 bits per heavy atom. The Kier molecular flexibility index (Phi) is 4.67. The van der Waals surface area contributed by atoms with Crippen LogP contribution in [-0.4, -0.2) is 43.7 Å². The fourth-order valence-electron chi connectivity index (χ4n) is 2.84. The van der Waals surface area contributed by atoms with E-state index in [-0.39, 0.29) is 11.5 Å². The molecule has 1 amide bonds. The van der Waals surface area contributed by atoms with E-state index in [9.17, 15) is 9.59 Å². The van der Waals surface area contributed by atoms with Gasteiger partial charge < -0.3 is 14.4 Å². The lowest BCUT2D eigenvalue weighted by Crippen LogP contribution is -2.22. The van der Waals surface area contributed by atoms with Crippen molar-refractivity contribution in [3.8, 4) is 17.2 Å². The molecule has 0 aliphatic carbocycles. The number of carbonyl (C=O) groups is 1. The number of aromatic nitrogens is 1. The molecular formula is C20H20N2O4. The Bertz CT molecular complexity index is 1040. The molecule has 3 aromatic rings. The first-order chi connectivity index (χ1) is 12.5. The lowest BCUT2D eigenvalue weighted by Gasteiger charge is -2.13. The van der Waals surface area contributed by atoms with Gasteiger partial charge in [0.15, 0.2) is 0 Å². The highest BCUT2D eigenvalue weighted by Gasteiger charge is 2.14. The van der Waals surface area contributed by atoms with E-state index in [1.165, 1.54) is 16.6 Å². The second-order valence-electron chi connectivity index (χ2n) is 6.03. The number of hydrogen-bond acceptors (Lipinski definition) is 4.